The van der Waals surface area contributed by atoms with Crippen LogP contribution in [0.4, 0.5) is 4.39 Å². The maximum Gasteiger partial charge on any atom is 0.263 e. The van der Waals surface area contributed by atoms with Crippen LogP contribution >= 0.6 is 34.5 Å². The molecule has 1 aromatic carbocycles. The average molecular weight is 456 g/mol. The first kappa shape index (κ1) is 21.3. The first-order chi connectivity index (χ1) is 13.8. The molecule has 2 heterocycles. The zero-order valence-corrected chi connectivity index (χ0v) is 17.8. The topological polar surface area (TPSA) is 64.6 Å². The van der Waals surface area contributed by atoms with E-state index in [1.54, 1.807) is 49.3 Å². The monoisotopic (exact) mass is 455 g/mol. The molecule has 0 aliphatic rings. The lowest BCUT2D eigenvalue weighted by atomic mass is 10.3. The third-order valence-electron chi connectivity index (χ3n) is 3.77. The van der Waals surface area contributed by atoms with E-state index < -0.39 is 11.9 Å². The van der Waals surface area contributed by atoms with Crippen LogP contribution in [-0.2, 0) is 11.3 Å². The van der Waals surface area contributed by atoms with E-state index in [9.17, 15) is 9.18 Å². The molecule has 2 aromatic heterocycles. The SMILES string of the molecule is C[C@@H](Oc1ccc(Oc2ncc(Cl)cc2F)cc1)C(=O)N(C)Cc1cnc(Cl)s1. The first-order valence-corrected chi connectivity index (χ1v) is 10.00. The summed E-state index contributed by atoms with van der Waals surface area (Å²) in [5, 5.41) is 0.181. The second-order valence-corrected chi connectivity index (χ2v) is 8.18. The molecule has 0 unspecified atom stereocenters. The van der Waals surface area contributed by atoms with E-state index in [-0.39, 0.29) is 16.8 Å². The maximum atomic E-state index is 13.8. The predicted octanol–water partition coefficient (Wildman–Crippen LogP) is 5.20. The highest BCUT2D eigenvalue weighted by molar-refractivity contribution is 7.15. The fourth-order valence-corrected chi connectivity index (χ4v) is 3.58. The Kier molecular flexibility index (Phi) is 6.89. The van der Waals surface area contributed by atoms with Gasteiger partial charge in [-0.1, -0.05) is 23.2 Å². The molecule has 0 fully saturated rings. The molecule has 152 valence electrons. The fourth-order valence-electron chi connectivity index (χ4n) is 2.41. The van der Waals surface area contributed by atoms with Gasteiger partial charge in [0, 0.05) is 24.3 Å². The minimum absolute atomic E-state index is 0.181. The van der Waals surface area contributed by atoms with Crippen molar-refractivity contribution in [3.05, 3.63) is 62.9 Å². The van der Waals surface area contributed by atoms with Crippen molar-refractivity contribution in [2.24, 2.45) is 0 Å². The maximum absolute atomic E-state index is 13.8. The van der Waals surface area contributed by atoms with Gasteiger partial charge in [0.25, 0.3) is 11.8 Å². The molecule has 1 amide bonds. The molecule has 0 radical (unpaired) electrons. The number of hydrogen-bond donors (Lipinski definition) is 0. The Morgan fingerprint density at radius 2 is 1.90 bits per heavy atom. The number of pyridine rings is 1. The standard InChI is InChI=1S/C19H16Cl2FN3O3S/c1-11(18(26)25(2)10-15-9-24-19(21)29-15)27-13-3-5-14(6-4-13)28-17-16(22)7-12(20)8-23-17/h3-9,11H,10H2,1-2H3/t11-/m1/s1. The summed E-state index contributed by atoms with van der Waals surface area (Å²) in [6, 6.07) is 7.54. The summed E-state index contributed by atoms with van der Waals surface area (Å²) in [6.45, 7) is 2.05. The first-order valence-electron chi connectivity index (χ1n) is 8.42. The Morgan fingerprint density at radius 3 is 2.52 bits per heavy atom. The number of carbonyl (C=O) groups excluding carboxylic acids is 1. The molecule has 0 spiro atoms. The number of carbonyl (C=O) groups is 1. The zero-order chi connectivity index (χ0) is 21.0. The Labute approximate surface area is 180 Å². The number of aromatic nitrogens is 2. The fraction of sp³-hybridized carbons (Fsp3) is 0.211. The van der Waals surface area contributed by atoms with E-state index >= 15 is 0 Å². The van der Waals surface area contributed by atoms with Gasteiger partial charge in [0.2, 0.25) is 0 Å². The molecule has 1 atom stereocenters. The highest BCUT2D eigenvalue weighted by atomic mass is 35.5. The van der Waals surface area contributed by atoms with Crippen LogP contribution in [0.25, 0.3) is 0 Å². The van der Waals surface area contributed by atoms with Gasteiger partial charge in [0.15, 0.2) is 16.4 Å². The van der Waals surface area contributed by atoms with Crippen molar-refractivity contribution < 1.29 is 18.7 Å². The number of hydrogen-bond acceptors (Lipinski definition) is 6. The van der Waals surface area contributed by atoms with Crippen molar-refractivity contribution in [1.82, 2.24) is 14.9 Å². The van der Waals surface area contributed by atoms with E-state index in [1.165, 1.54) is 17.5 Å². The number of thiazole rings is 1. The highest BCUT2D eigenvalue weighted by Crippen LogP contribution is 2.26. The van der Waals surface area contributed by atoms with E-state index in [1.807, 2.05) is 0 Å². The summed E-state index contributed by atoms with van der Waals surface area (Å²) in [4.78, 5) is 22.7. The van der Waals surface area contributed by atoms with Gasteiger partial charge in [-0.15, -0.1) is 11.3 Å². The molecule has 0 saturated carbocycles. The van der Waals surface area contributed by atoms with E-state index in [2.05, 4.69) is 9.97 Å². The van der Waals surface area contributed by atoms with Gasteiger partial charge < -0.3 is 14.4 Å². The third-order valence-corrected chi connectivity index (χ3v) is 5.07. The van der Waals surface area contributed by atoms with Crippen LogP contribution < -0.4 is 9.47 Å². The van der Waals surface area contributed by atoms with Gasteiger partial charge in [-0.2, -0.15) is 0 Å². The van der Waals surface area contributed by atoms with Crippen LogP contribution in [-0.4, -0.2) is 33.9 Å². The minimum Gasteiger partial charge on any atom is -0.481 e. The second-order valence-electron chi connectivity index (χ2n) is 6.05. The largest absolute Gasteiger partial charge is 0.481 e. The van der Waals surface area contributed by atoms with Crippen molar-refractivity contribution in [1.29, 1.82) is 0 Å². The van der Waals surface area contributed by atoms with Gasteiger partial charge in [-0.3, -0.25) is 4.79 Å². The van der Waals surface area contributed by atoms with Crippen LogP contribution in [0.1, 0.15) is 11.8 Å². The number of likely N-dealkylation sites (N-methyl/N-ethyl adjacent to an activating group) is 1. The molecule has 0 aliphatic heterocycles. The van der Waals surface area contributed by atoms with Crippen LogP contribution in [0, 0.1) is 5.82 Å². The quantitative estimate of drug-likeness (QED) is 0.489. The van der Waals surface area contributed by atoms with Crippen LogP contribution in [0.5, 0.6) is 17.4 Å². The van der Waals surface area contributed by atoms with Crippen molar-refractivity contribution >= 4 is 40.4 Å². The number of benzene rings is 1. The summed E-state index contributed by atoms with van der Waals surface area (Å²) >= 11 is 12.8. The van der Waals surface area contributed by atoms with E-state index in [0.29, 0.717) is 22.5 Å². The van der Waals surface area contributed by atoms with Gasteiger partial charge in [0.1, 0.15) is 11.5 Å². The van der Waals surface area contributed by atoms with Crippen molar-refractivity contribution in [2.75, 3.05) is 7.05 Å². The third kappa shape index (κ3) is 5.79. The number of amides is 1. The molecule has 3 rings (SSSR count). The highest BCUT2D eigenvalue weighted by Gasteiger charge is 2.20. The normalized spacial score (nSPS) is 11.8. The van der Waals surface area contributed by atoms with Crippen molar-refractivity contribution in [3.8, 4) is 17.4 Å². The Bertz CT molecular complexity index is 1000. The molecular formula is C19H16Cl2FN3O3S. The van der Waals surface area contributed by atoms with Crippen LogP contribution in [0.2, 0.25) is 9.49 Å². The molecule has 10 heteroatoms. The molecule has 0 bridgehead atoms. The van der Waals surface area contributed by atoms with Crippen molar-refractivity contribution in [3.63, 3.8) is 0 Å². The zero-order valence-electron chi connectivity index (χ0n) is 15.4. The number of ether oxygens (including phenoxy) is 2. The van der Waals surface area contributed by atoms with Crippen molar-refractivity contribution in [2.45, 2.75) is 19.6 Å². The van der Waals surface area contributed by atoms with Gasteiger partial charge in [0.05, 0.1) is 11.6 Å². The smallest absolute Gasteiger partial charge is 0.263 e. The molecular weight excluding hydrogens is 440 g/mol. The van der Waals surface area contributed by atoms with Gasteiger partial charge in [-0.05, 0) is 37.3 Å². The Morgan fingerprint density at radius 1 is 1.21 bits per heavy atom. The van der Waals surface area contributed by atoms with E-state index in [0.717, 1.165) is 10.9 Å². The van der Waals surface area contributed by atoms with Gasteiger partial charge >= 0.3 is 0 Å². The number of rotatable bonds is 7. The predicted molar refractivity (Wildman–Crippen MR) is 109 cm³/mol. The number of nitrogens with zero attached hydrogens (tertiary/aromatic N) is 3. The van der Waals surface area contributed by atoms with Crippen LogP contribution in [0.3, 0.4) is 0 Å². The second kappa shape index (κ2) is 9.39. The lowest BCUT2D eigenvalue weighted by Gasteiger charge is -2.21. The van der Waals surface area contributed by atoms with Gasteiger partial charge in [-0.25, -0.2) is 14.4 Å². The summed E-state index contributed by atoms with van der Waals surface area (Å²) in [6.07, 6.45) is 2.23. The Balaban J connectivity index is 1.57. The summed E-state index contributed by atoms with van der Waals surface area (Å²) in [5.74, 6) is -0.206. The number of halogens is 3. The average Bonchev–Trinajstić information content (AvgIpc) is 3.09. The summed E-state index contributed by atoms with van der Waals surface area (Å²) in [7, 11) is 1.68. The molecule has 29 heavy (non-hydrogen) atoms. The lowest BCUT2D eigenvalue weighted by molar-refractivity contribution is -0.137. The van der Waals surface area contributed by atoms with E-state index in [4.69, 9.17) is 32.7 Å². The molecule has 0 aliphatic carbocycles. The van der Waals surface area contributed by atoms with Crippen LogP contribution in [0.15, 0.2) is 42.7 Å². The summed E-state index contributed by atoms with van der Waals surface area (Å²) in [5.41, 5.74) is 0. The molecule has 0 N–H and O–H groups in total. The molecule has 0 saturated heterocycles. The summed E-state index contributed by atoms with van der Waals surface area (Å²) < 4.78 is 25.3. The lowest BCUT2D eigenvalue weighted by Crippen LogP contribution is -2.37. The Hall–Kier alpha value is -2.42. The molecule has 6 nitrogen and oxygen atoms in total. The molecule has 3 aromatic rings. The minimum atomic E-state index is -0.703.